The topological polar surface area (TPSA) is 45.2 Å². The van der Waals surface area contributed by atoms with Crippen molar-refractivity contribution in [1.82, 2.24) is 9.88 Å². The lowest BCUT2D eigenvalue weighted by atomic mass is 10.1. The Labute approximate surface area is 131 Å². The van der Waals surface area contributed by atoms with Crippen molar-refractivity contribution < 1.29 is 4.79 Å². The van der Waals surface area contributed by atoms with E-state index in [0.29, 0.717) is 5.69 Å². The molecule has 0 atom stereocenters. The summed E-state index contributed by atoms with van der Waals surface area (Å²) < 4.78 is 0. The zero-order valence-electron chi connectivity index (χ0n) is 12.7. The van der Waals surface area contributed by atoms with E-state index in [-0.39, 0.29) is 5.91 Å². The van der Waals surface area contributed by atoms with Crippen LogP contribution in [0.2, 0.25) is 0 Å². The maximum atomic E-state index is 12.3. The van der Waals surface area contributed by atoms with E-state index in [9.17, 15) is 4.79 Å². The van der Waals surface area contributed by atoms with Gasteiger partial charge in [-0.05, 0) is 37.0 Å². The van der Waals surface area contributed by atoms with Crippen LogP contribution in [0.25, 0.3) is 0 Å². The fraction of sp³-hybridized carbons (Fsp3) is 0.333. The molecule has 2 heterocycles. The van der Waals surface area contributed by atoms with Gasteiger partial charge < -0.3 is 10.2 Å². The molecule has 0 aliphatic carbocycles. The fourth-order valence-corrected chi connectivity index (χ4v) is 2.74. The molecule has 2 aromatic rings. The zero-order valence-corrected chi connectivity index (χ0v) is 12.7. The van der Waals surface area contributed by atoms with Gasteiger partial charge in [0.2, 0.25) is 0 Å². The molecule has 4 nitrogen and oxygen atoms in total. The molecule has 1 fully saturated rings. The Morgan fingerprint density at radius 2 is 1.91 bits per heavy atom. The minimum atomic E-state index is 0.0456. The first kappa shape index (κ1) is 14.6. The Morgan fingerprint density at radius 1 is 1.14 bits per heavy atom. The van der Waals surface area contributed by atoms with E-state index < -0.39 is 0 Å². The van der Waals surface area contributed by atoms with Crippen molar-refractivity contribution in [2.24, 2.45) is 0 Å². The number of nitrogens with one attached hydrogen (secondary N) is 1. The predicted octanol–water partition coefficient (Wildman–Crippen LogP) is 2.97. The van der Waals surface area contributed by atoms with E-state index in [1.165, 1.54) is 5.56 Å². The van der Waals surface area contributed by atoms with E-state index in [1.54, 1.807) is 6.20 Å². The van der Waals surface area contributed by atoms with Gasteiger partial charge in [0.05, 0.1) is 0 Å². The lowest BCUT2D eigenvalue weighted by Crippen LogP contribution is -2.28. The van der Waals surface area contributed by atoms with Crippen LogP contribution in [-0.4, -0.2) is 35.4 Å². The molecule has 1 saturated heterocycles. The lowest BCUT2D eigenvalue weighted by molar-refractivity contribution is 0.0787. The van der Waals surface area contributed by atoms with Gasteiger partial charge in [-0.25, -0.2) is 0 Å². The van der Waals surface area contributed by atoms with E-state index >= 15 is 0 Å². The maximum absolute atomic E-state index is 12.3. The molecule has 1 aromatic heterocycles. The van der Waals surface area contributed by atoms with Crippen LogP contribution in [-0.2, 0) is 6.42 Å². The second-order valence-corrected chi connectivity index (χ2v) is 5.59. The first-order valence-corrected chi connectivity index (χ1v) is 7.86. The molecular weight excluding hydrogens is 274 g/mol. The average molecular weight is 295 g/mol. The number of pyridine rings is 1. The molecule has 0 saturated carbocycles. The molecule has 0 bridgehead atoms. The first-order valence-electron chi connectivity index (χ1n) is 7.86. The van der Waals surface area contributed by atoms with E-state index in [1.807, 2.05) is 23.1 Å². The summed E-state index contributed by atoms with van der Waals surface area (Å²) in [7, 11) is 0. The molecule has 1 N–H and O–H groups in total. The quantitative estimate of drug-likeness (QED) is 0.922. The van der Waals surface area contributed by atoms with Gasteiger partial charge in [-0.1, -0.05) is 30.3 Å². The number of rotatable bonds is 5. The Bertz CT molecular complexity index is 621. The third-order valence-corrected chi connectivity index (χ3v) is 3.96. The molecule has 1 amide bonds. The smallest absolute Gasteiger partial charge is 0.272 e. The molecule has 1 aliphatic rings. The molecule has 0 radical (unpaired) electrons. The Kier molecular flexibility index (Phi) is 4.68. The molecule has 22 heavy (non-hydrogen) atoms. The number of hydrogen-bond acceptors (Lipinski definition) is 3. The molecule has 0 unspecified atom stereocenters. The van der Waals surface area contributed by atoms with Gasteiger partial charge in [-0.2, -0.15) is 0 Å². The van der Waals surface area contributed by atoms with Crippen LogP contribution in [0.5, 0.6) is 0 Å². The zero-order chi connectivity index (χ0) is 15.2. The summed E-state index contributed by atoms with van der Waals surface area (Å²) in [6.07, 6.45) is 4.86. The second kappa shape index (κ2) is 7.07. The van der Waals surface area contributed by atoms with Gasteiger partial charge >= 0.3 is 0 Å². The third kappa shape index (κ3) is 3.64. The van der Waals surface area contributed by atoms with Crippen LogP contribution in [0.1, 0.15) is 28.9 Å². The van der Waals surface area contributed by atoms with E-state index in [0.717, 1.165) is 44.6 Å². The molecule has 114 valence electrons. The van der Waals surface area contributed by atoms with Crippen LogP contribution < -0.4 is 5.32 Å². The summed E-state index contributed by atoms with van der Waals surface area (Å²) in [5.74, 6) is 0.0456. The lowest BCUT2D eigenvalue weighted by Gasteiger charge is -2.15. The number of benzene rings is 1. The highest BCUT2D eigenvalue weighted by Crippen LogP contribution is 2.14. The SMILES string of the molecule is O=C(c1cc(NCCc2ccccc2)ccn1)N1CCCC1. The number of nitrogens with zero attached hydrogens (tertiary/aromatic N) is 2. The highest BCUT2D eigenvalue weighted by molar-refractivity contribution is 5.93. The van der Waals surface area contributed by atoms with Crippen molar-refractivity contribution in [3.8, 4) is 0 Å². The number of likely N-dealkylation sites (tertiary alicyclic amines) is 1. The summed E-state index contributed by atoms with van der Waals surface area (Å²) in [6, 6.07) is 14.1. The minimum Gasteiger partial charge on any atom is -0.385 e. The maximum Gasteiger partial charge on any atom is 0.272 e. The standard InChI is InChI=1S/C18H21N3O/c22-18(21-12-4-5-13-21)17-14-16(9-11-20-17)19-10-8-15-6-2-1-3-7-15/h1-3,6-7,9,11,14H,4-5,8,10,12-13H2,(H,19,20). The van der Waals surface area contributed by atoms with Crippen molar-refractivity contribution in [2.45, 2.75) is 19.3 Å². The average Bonchev–Trinajstić information content (AvgIpc) is 3.10. The van der Waals surface area contributed by atoms with Gasteiger partial charge in [-0.15, -0.1) is 0 Å². The fourth-order valence-electron chi connectivity index (χ4n) is 2.74. The first-order chi connectivity index (χ1) is 10.8. The monoisotopic (exact) mass is 295 g/mol. The molecule has 4 heteroatoms. The third-order valence-electron chi connectivity index (χ3n) is 3.96. The van der Waals surface area contributed by atoms with Crippen LogP contribution in [0.3, 0.4) is 0 Å². The Hall–Kier alpha value is -2.36. The van der Waals surface area contributed by atoms with Crippen LogP contribution in [0.15, 0.2) is 48.7 Å². The number of amides is 1. The molecule has 1 aliphatic heterocycles. The number of carbonyl (C=O) groups is 1. The Morgan fingerprint density at radius 3 is 2.68 bits per heavy atom. The Balaban J connectivity index is 1.58. The summed E-state index contributed by atoms with van der Waals surface area (Å²) in [6.45, 7) is 2.55. The summed E-state index contributed by atoms with van der Waals surface area (Å²) in [5, 5.41) is 3.37. The van der Waals surface area contributed by atoms with Crippen molar-refractivity contribution in [3.63, 3.8) is 0 Å². The second-order valence-electron chi connectivity index (χ2n) is 5.59. The van der Waals surface area contributed by atoms with Crippen molar-refractivity contribution >= 4 is 11.6 Å². The van der Waals surface area contributed by atoms with Crippen molar-refractivity contribution in [1.29, 1.82) is 0 Å². The summed E-state index contributed by atoms with van der Waals surface area (Å²) >= 11 is 0. The van der Waals surface area contributed by atoms with Crippen molar-refractivity contribution in [2.75, 3.05) is 25.0 Å². The molecule has 0 spiro atoms. The van der Waals surface area contributed by atoms with Gasteiger partial charge in [0.15, 0.2) is 0 Å². The minimum absolute atomic E-state index is 0.0456. The normalized spacial score (nSPS) is 14.1. The number of carbonyl (C=O) groups excluding carboxylic acids is 1. The van der Waals surface area contributed by atoms with Crippen molar-refractivity contribution in [3.05, 3.63) is 59.9 Å². The number of aromatic nitrogens is 1. The van der Waals surface area contributed by atoms with Gasteiger partial charge in [0.25, 0.3) is 5.91 Å². The largest absolute Gasteiger partial charge is 0.385 e. The van der Waals surface area contributed by atoms with Gasteiger partial charge in [-0.3, -0.25) is 9.78 Å². The van der Waals surface area contributed by atoms with E-state index in [2.05, 4.69) is 34.6 Å². The molecular formula is C18H21N3O. The van der Waals surface area contributed by atoms with Crippen LogP contribution in [0.4, 0.5) is 5.69 Å². The van der Waals surface area contributed by atoms with Crippen LogP contribution >= 0.6 is 0 Å². The van der Waals surface area contributed by atoms with Gasteiger partial charge in [0.1, 0.15) is 5.69 Å². The predicted molar refractivity (Wildman–Crippen MR) is 88.0 cm³/mol. The van der Waals surface area contributed by atoms with Gasteiger partial charge in [0, 0.05) is 31.5 Å². The summed E-state index contributed by atoms with van der Waals surface area (Å²) in [4.78, 5) is 18.4. The summed E-state index contributed by atoms with van der Waals surface area (Å²) in [5.41, 5.74) is 2.79. The van der Waals surface area contributed by atoms with E-state index in [4.69, 9.17) is 0 Å². The van der Waals surface area contributed by atoms with Crippen LogP contribution in [0, 0.1) is 0 Å². The highest BCUT2D eigenvalue weighted by atomic mass is 16.2. The highest BCUT2D eigenvalue weighted by Gasteiger charge is 2.20. The molecule has 3 rings (SSSR count). The molecule has 1 aromatic carbocycles. The number of hydrogen-bond donors (Lipinski definition) is 1. The number of anilines is 1.